The molecule has 0 aliphatic heterocycles. The number of rotatable bonds is 2. The van der Waals surface area contributed by atoms with Crippen LogP contribution in [0.5, 0.6) is 0 Å². The molecule has 2 aromatic rings. The number of alkyl halides is 3. The van der Waals surface area contributed by atoms with Crippen LogP contribution in [0.25, 0.3) is 0 Å². The van der Waals surface area contributed by atoms with Crippen molar-refractivity contribution in [1.82, 2.24) is 0 Å². The van der Waals surface area contributed by atoms with Crippen LogP contribution in [0.15, 0.2) is 56.7 Å². The van der Waals surface area contributed by atoms with Crippen molar-refractivity contribution in [1.29, 1.82) is 0 Å². The van der Waals surface area contributed by atoms with Gasteiger partial charge >= 0.3 is 6.18 Å². The van der Waals surface area contributed by atoms with Crippen LogP contribution in [0.3, 0.4) is 0 Å². The summed E-state index contributed by atoms with van der Waals surface area (Å²) in [5.74, 6) is 0. The summed E-state index contributed by atoms with van der Waals surface area (Å²) in [5.41, 5.74) is -0.809. The van der Waals surface area contributed by atoms with E-state index in [0.717, 1.165) is 15.4 Å². The minimum Gasteiger partial charge on any atom is -0.166 e. The minimum absolute atomic E-state index is 0.285. The monoisotopic (exact) mass is 366 g/mol. The molecule has 2 aromatic carbocycles. The van der Waals surface area contributed by atoms with E-state index in [4.69, 9.17) is 11.6 Å². The smallest absolute Gasteiger partial charge is 0.166 e. The molecule has 100 valence electrons. The second kappa shape index (κ2) is 5.77. The molecule has 0 atom stereocenters. The van der Waals surface area contributed by atoms with Gasteiger partial charge in [0.15, 0.2) is 0 Å². The van der Waals surface area contributed by atoms with Crippen LogP contribution in [0.1, 0.15) is 5.56 Å². The Morgan fingerprint density at radius 2 is 1.53 bits per heavy atom. The largest absolute Gasteiger partial charge is 0.417 e. The predicted molar refractivity (Wildman–Crippen MR) is 74.7 cm³/mol. The van der Waals surface area contributed by atoms with Crippen molar-refractivity contribution in [2.45, 2.75) is 16.0 Å². The molecule has 0 aliphatic carbocycles. The van der Waals surface area contributed by atoms with Gasteiger partial charge in [-0.3, -0.25) is 0 Å². The quantitative estimate of drug-likeness (QED) is 0.602. The van der Waals surface area contributed by atoms with Gasteiger partial charge in [0.2, 0.25) is 0 Å². The Balaban J connectivity index is 2.29. The van der Waals surface area contributed by atoms with E-state index in [1.165, 1.54) is 17.8 Å². The minimum atomic E-state index is -4.44. The van der Waals surface area contributed by atoms with Crippen LogP contribution in [0.2, 0.25) is 5.02 Å². The Kier molecular flexibility index (Phi) is 4.48. The predicted octanol–water partition coefficient (Wildman–Crippen LogP) is 6.27. The molecule has 6 heteroatoms. The maximum atomic E-state index is 12.7. The highest BCUT2D eigenvalue weighted by Crippen LogP contribution is 2.38. The molecule has 2 rings (SSSR count). The zero-order valence-corrected chi connectivity index (χ0v) is 12.5. The Hall–Kier alpha value is -0.650. The summed E-state index contributed by atoms with van der Waals surface area (Å²) in [7, 11) is 0. The van der Waals surface area contributed by atoms with Crippen LogP contribution >= 0.6 is 39.3 Å². The van der Waals surface area contributed by atoms with E-state index in [1.807, 2.05) is 24.3 Å². The van der Waals surface area contributed by atoms with Crippen LogP contribution in [-0.4, -0.2) is 0 Å². The van der Waals surface area contributed by atoms with Crippen LogP contribution < -0.4 is 0 Å². The normalized spacial score (nSPS) is 11.6. The van der Waals surface area contributed by atoms with Crippen molar-refractivity contribution in [3.05, 3.63) is 57.5 Å². The molecule has 0 saturated heterocycles. The van der Waals surface area contributed by atoms with E-state index >= 15 is 0 Å². The first-order valence-corrected chi connectivity index (χ1v) is 7.15. The second-order valence-corrected chi connectivity index (χ2v) is 6.17. The topological polar surface area (TPSA) is 0 Å². The summed E-state index contributed by atoms with van der Waals surface area (Å²) in [5, 5.41) is -0.285. The van der Waals surface area contributed by atoms with Crippen LogP contribution in [0, 0.1) is 0 Å². The highest BCUT2D eigenvalue weighted by molar-refractivity contribution is 9.10. The Morgan fingerprint density at radius 1 is 0.947 bits per heavy atom. The molecule has 0 fully saturated rings. The number of hydrogen-bond acceptors (Lipinski definition) is 1. The molecule has 0 spiro atoms. The fourth-order valence-corrected chi connectivity index (χ4v) is 2.77. The number of halogens is 5. The molecule has 0 saturated carbocycles. The lowest BCUT2D eigenvalue weighted by Crippen LogP contribution is -2.05. The molecule has 0 amide bonds. The molecular formula is C13H7BrClF3S. The summed E-state index contributed by atoms with van der Waals surface area (Å²) in [6, 6.07) is 11.2. The summed E-state index contributed by atoms with van der Waals surface area (Å²) < 4.78 is 39.1. The lowest BCUT2D eigenvalue weighted by molar-refractivity contribution is -0.137. The van der Waals surface area contributed by atoms with Gasteiger partial charge in [-0.1, -0.05) is 39.3 Å². The molecule has 0 heterocycles. The highest BCUT2D eigenvalue weighted by Gasteiger charge is 2.33. The molecule has 0 unspecified atom stereocenters. The maximum Gasteiger partial charge on any atom is 0.417 e. The summed E-state index contributed by atoms with van der Waals surface area (Å²) in [6.45, 7) is 0. The third-order valence-electron chi connectivity index (χ3n) is 2.29. The fourth-order valence-electron chi connectivity index (χ4n) is 1.42. The Labute approximate surface area is 126 Å². The van der Waals surface area contributed by atoms with Crippen molar-refractivity contribution in [3.63, 3.8) is 0 Å². The van der Waals surface area contributed by atoms with Crippen LogP contribution in [-0.2, 0) is 6.18 Å². The molecule has 0 N–H and O–H groups in total. The van der Waals surface area contributed by atoms with Crippen molar-refractivity contribution in [2.24, 2.45) is 0 Å². The SMILES string of the molecule is FC(F)(F)c1cc(Sc2ccc(Br)cc2)ccc1Cl. The Bertz CT molecular complexity index is 581. The lowest BCUT2D eigenvalue weighted by atomic mass is 10.2. The lowest BCUT2D eigenvalue weighted by Gasteiger charge is -2.10. The first-order chi connectivity index (χ1) is 8.86. The van der Waals surface area contributed by atoms with Gasteiger partial charge in [-0.25, -0.2) is 0 Å². The van der Waals surface area contributed by atoms with Crippen molar-refractivity contribution in [2.75, 3.05) is 0 Å². The van der Waals surface area contributed by atoms with Gasteiger partial charge in [-0.15, -0.1) is 0 Å². The first-order valence-electron chi connectivity index (χ1n) is 5.16. The summed E-state index contributed by atoms with van der Waals surface area (Å²) >= 11 is 10.1. The number of hydrogen-bond donors (Lipinski definition) is 0. The van der Waals surface area contributed by atoms with Gasteiger partial charge < -0.3 is 0 Å². The summed E-state index contributed by atoms with van der Waals surface area (Å²) in [4.78, 5) is 1.36. The van der Waals surface area contributed by atoms with Gasteiger partial charge in [-0.05, 0) is 42.5 Å². The molecular weight excluding hydrogens is 361 g/mol. The zero-order chi connectivity index (χ0) is 14.0. The van der Waals surface area contributed by atoms with E-state index in [0.29, 0.717) is 4.90 Å². The van der Waals surface area contributed by atoms with E-state index in [2.05, 4.69) is 15.9 Å². The number of benzene rings is 2. The van der Waals surface area contributed by atoms with Gasteiger partial charge in [0.1, 0.15) is 0 Å². The maximum absolute atomic E-state index is 12.7. The third kappa shape index (κ3) is 3.91. The molecule has 0 bridgehead atoms. The molecule has 0 aromatic heterocycles. The average Bonchev–Trinajstić information content (AvgIpc) is 2.33. The van der Waals surface area contributed by atoms with Crippen molar-refractivity contribution >= 4 is 39.3 Å². The van der Waals surface area contributed by atoms with E-state index < -0.39 is 11.7 Å². The highest BCUT2D eigenvalue weighted by atomic mass is 79.9. The van der Waals surface area contributed by atoms with Crippen molar-refractivity contribution in [3.8, 4) is 0 Å². The van der Waals surface area contributed by atoms with Gasteiger partial charge in [0.25, 0.3) is 0 Å². The average molecular weight is 368 g/mol. The van der Waals surface area contributed by atoms with Gasteiger partial charge in [-0.2, -0.15) is 13.2 Å². The summed E-state index contributed by atoms with van der Waals surface area (Å²) in [6.07, 6.45) is -4.44. The molecule has 19 heavy (non-hydrogen) atoms. The van der Waals surface area contributed by atoms with E-state index in [1.54, 1.807) is 6.07 Å². The molecule has 0 nitrogen and oxygen atoms in total. The van der Waals surface area contributed by atoms with Crippen LogP contribution in [0.4, 0.5) is 13.2 Å². The second-order valence-electron chi connectivity index (χ2n) is 3.70. The zero-order valence-electron chi connectivity index (χ0n) is 9.34. The van der Waals surface area contributed by atoms with Gasteiger partial charge in [0, 0.05) is 14.3 Å². The van der Waals surface area contributed by atoms with Gasteiger partial charge in [0.05, 0.1) is 10.6 Å². The Morgan fingerprint density at radius 3 is 2.11 bits per heavy atom. The first kappa shape index (κ1) is 14.8. The standard InChI is InChI=1S/C13H7BrClF3S/c14-8-1-3-9(4-2-8)19-10-5-6-12(15)11(7-10)13(16,17)18/h1-7H. The fraction of sp³-hybridized carbons (Fsp3) is 0.0769. The van der Waals surface area contributed by atoms with Crippen molar-refractivity contribution < 1.29 is 13.2 Å². The third-order valence-corrected chi connectivity index (χ3v) is 4.15. The molecule has 0 aliphatic rings. The van der Waals surface area contributed by atoms with E-state index in [-0.39, 0.29) is 5.02 Å². The van der Waals surface area contributed by atoms with E-state index in [9.17, 15) is 13.2 Å². The molecule has 0 radical (unpaired) electrons.